The Morgan fingerprint density at radius 3 is 3.25 bits per heavy atom. The molecule has 12 heavy (non-hydrogen) atoms. The summed E-state index contributed by atoms with van der Waals surface area (Å²) in [4.78, 5) is 0. The molecule has 1 aliphatic carbocycles. The first kappa shape index (κ1) is 7.84. The molecule has 1 saturated heterocycles. The van der Waals surface area contributed by atoms with E-state index in [-0.39, 0.29) is 5.83 Å². The minimum absolute atomic E-state index is 0.0735. The summed E-state index contributed by atoms with van der Waals surface area (Å²) in [6.45, 7) is 1.01. The summed E-state index contributed by atoms with van der Waals surface area (Å²) in [5, 5.41) is 3.29. The summed E-state index contributed by atoms with van der Waals surface area (Å²) in [6.07, 6.45) is 7.92. The molecule has 0 bridgehead atoms. The maximum absolute atomic E-state index is 12.8. The average molecular weight is 167 g/mol. The van der Waals surface area contributed by atoms with E-state index in [9.17, 15) is 4.39 Å². The molecule has 1 nitrogen and oxygen atoms in total. The van der Waals surface area contributed by atoms with Crippen LogP contribution in [0.2, 0.25) is 0 Å². The third-order valence-electron chi connectivity index (χ3n) is 2.64. The van der Waals surface area contributed by atoms with Gasteiger partial charge in [0.25, 0.3) is 0 Å². The molecule has 1 aliphatic heterocycles. The number of fused-ring (bicyclic) bond motifs is 1. The number of allylic oxidation sites excluding steroid dienone is 4. The van der Waals surface area contributed by atoms with Crippen LogP contribution in [0.3, 0.4) is 0 Å². The highest BCUT2D eigenvalue weighted by Crippen LogP contribution is 2.28. The molecule has 1 N–H and O–H groups in total. The molecule has 1 unspecified atom stereocenters. The lowest BCUT2D eigenvalue weighted by Gasteiger charge is -2.19. The van der Waals surface area contributed by atoms with Gasteiger partial charge >= 0.3 is 0 Å². The number of rotatable bonds is 0. The van der Waals surface area contributed by atoms with Gasteiger partial charge in [-0.2, -0.15) is 0 Å². The Labute approximate surface area is 72.3 Å². The smallest absolute Gasteiger partial charge is 0.120 e. The minimum Gasteiger partial charge on any atom is -0.388 e. The zero-order valence-corrected chi connectivity index (χ0v) is 7.15. The fourth-order valence-corrected chi connectivity index (χ4v) is 1.92. The molecule has 0 amide bonds. The van der Waals surface area contributed by atoms with Crippen molar-refractivity contribution in [2.75, 3.05) is 6.54 Å². The Bertz CT molecular complexity index is 230. The van der Waals surface area contributed by atoms with Crippen molar-refractivity contribution in [1.82, 2.24) is 5.32 Å². The first-order valence-corrected chi connectivity index (χ1v) is 4.67. The van der Waals surface area contributed by atoms with Crippen molar-refractivity contribution in [3.63, 3.8) is 0 Å². The van der Waals surface area contributed by atoms with E-state index in [1.165, 1.54) is 19.3 Å². The summed E-state index contributed by atoms with van der Waals surface area (Å²) in [5.41, 5.74) is 1.12. The highest BCUT2D eigenvalue weighted by molar-refractivity contribution is 5.24. The molecule has 2 rings (SSSR count). The van der Waals surface area contributed by atoms with Crippen molar-refractivity contribution < 1.29 is 4.39 Å². The molecule has 2 aliphatic rings. The first-order valence-electron chi connectivity index (χ1n) is 4.67. The molecule has 0 aromatic carbocycles. The molecule has 0 aromatic rings. The van der Waals surface area contributed by atoms with Crippen LogP contribution in [0, 0.1) is 5.92 Å². The van der Waals surface area contributed by atoms with Gasteiger partial charge in [-0.25, -0.2) is 4.39 Å². The van der Waals surface area contributed by atoms with Gasteiger partial charge in [0.15, 0.2) is 0 Å². The lowest BCUT2D eigenvalue weighted by molar-refractivity contribution is 0.522. The highest BCUT2D eigenvalue weighted by Gasteiger charge is 2.19. The second-order valence-corrected chi connectivity index (χ2v) is 3.54. The molecule has 2 heteroatoms. The fourth-order valence-electron chi connectivity index (χ4n) is 1.92. The van der Waals surface area contributed by atoms with Gasteiger partial charge in [-0.05, 0) is 31.4 Å². The second kappa shape index (κ2) is 3.30. The third kappa shape index (κ3) is 1.52. The van der Waals surface area contributed by atoms with Crippen LogP contribution < -0.4 is 5.32 Å². The van der Waals surface area contributed by atoms with Crippen molar-refractivity contribution in [3.8, 4) is 0 Å². The largest absolute Gasteiger partial charge is 0.388 e. The summed E-state index contributed by atoms with van der Waals surface area (Å²) < 4.78 is 12.8. The van der Waals surface area contributed by atoms with Gasteiger partial charge in [-0.15, -0.1) is 0 Å². The van der Waals surface area contributed by atoms with Crippen LogP contribution in [0.25, 0.3) is 0 Å². The molecule has 1 heterocycles. The van der Waals surface area contributed by atoms with Gasteiger partial charge in [-0.3, -0.25) is 0 Å². The van der Waals surface area contributed by atoms with E-state index >= 15 is 0 Å². The normalized spacial score (nSPS) is 29.2. The number of halogens is 1. The van der Waals surface area contributed by atoms with E-state index < -0.39 is 0 Å². The van der Waals surface area contributed by atoms with E-state index in [1.807, 2.05) is 0 Å². The van der Waals surface area contributed by atoms with Crippen LogP contribution in [0.5, 0.6) is 0 Å². The SMILES string of the molecule is FC1=CCC2CCCCNC2=C1. The maximum atomic E-state index is 12.8. The Hall–Kier alpha value is -0.790. The van der Waals surface area contributed by atoms with Crippen LogP contribution in [-0.4, -0.2) is 6.54 Å². The van der Waals surface area contributed by atoms with Crippen LogP contribution >= 0.6 is 0 Å². The van der Waals surface area contributed by atoms with Crippen molar-refractivity contribution in [1.29, 1.82) is 0 Å². The van der Waals surface area contributed by atoms with Gasteiger partial charge in [0, 0.05) is 18.2 Å². The Kier molecular flexibility index (Phi) is 2.15. The molecular formula is C10H14FN. The van der Waals surface area contributed by atoms with E-state index in [2.05, 4.69) is 5.32 Å². The zero-order valence-electron chi connectivity index (χ0n) is 7.15. The third-order valence-corrected chi connectivity index (χ3v) is 2.64. The molecular weight excluding hydrogens is 153 g/mol. The number of nitrogens with one attached hydrogen (secondary N) is 1. The summed E-state index contributed by atoms with van der Waals surface area (Å²) in [5.74, 6) is 0.489. The second-order valence-electron chi connectivity index (χ2n) is 3.54. The Balaban J connectivity index is 2.15. The topological polar surface area (TPSA) is 12.0 Å². The van der Waals surface area contributed by atoms with Crippen LogP contribution in [0.4, 0.5) is 4.39 Å². The van der Waals surface area contributed by atoms with Crippen molar-refractivity contribution >= 4 is 0 Å². The lowest BCUT2D eigenvalue weighted by atomic mass is 9.92. The van der Waals surface area contributed by atoms with Crippen LogP contribution in [0.1, 0.15) is 25.7 Å². The quantitative estimate of drug-likeness (QED) is 0.584. The predicted octanol–water partition coefficient (Wildman–Crippen LogP) is 2.52. The number of hydrogen-bond donors (Lipinski definition) is 1. The van der Waals surface area contributed by atoms with Gasteiger partial charge < -0.3 is 5.32 Å². The predicted molar refractivity (Wildman–Crippen MR) is 47.2 cm³/mol. The van der Waals surface area contributed by atoms with Gasteiger partial charge in [-0.1, -0.05) is 6.42 Å². The molecule has 0 aromatic heterocycles. The van der Waals surface area contributed by atoms with Crippen molar-refractivity contribution in [2.45, 2.75) is 25.7 Å². The maximum Gasteiger partial charge on any atom is 0.120 e. The first-order chi connectivity index (χ1) is 5.86. The molecule has 66 valence electrons. The summed E-state index contributed by atoms with van der Waals surface area (Å²) >= 11 is 0. The van der Waals surface area contributed by atoms with Crippen molar-refractivity contribution in [2.24, 2.45) is 5.92 Å². The summed E-state index contributed by atoms with van der Waals surface area (Å²) in [7, 11) is 0. The van der Waals surface area contributed by atoms with Crippen molar-refractivity contribution in [3.05, 3.63) is 23.7 Å². The molecule has 0 saturated carbocycles. The van der Waals surface area contributed by atoms with E-state index in [0.29, 0.717) is 5.92 Å². The van der Waals surface area contributed by atoms with E-state index in [4.69, 9.17) is 0 Å². The summed E-state index contributed by atoms with van der Waals surface area (Å²) in [6, 6.07) is 0. The molecule has 1 atom stereocenters. The fraction of sp³-hybridized carbons (Fsp3) is 0.600. The zero-order chi connectivity index (χ0) is 8.39. The van der Waals surface area contributed by atoms with Crippen LogP contribution in [-0.2, 0) is 0 Å². The monoisotopic (exact) mass is 167 g/mol. The number of hydrogen-bond acceptors (Lipinski definition) is 1. The van der Waals surface area contributed by atoms with Gasteiger partial charge in [0.05, 0.1) is 0 Å². The molecule has 0 radical (unpaired) electrons. The Morgan fingerprint density at radius 1 is 1.42 bits per heavy atom. The van der Waals surface area contributed by atoms with E-state index in [0.717, 1.165) is 18.7 Å². The van der Waals surface area contributed by atoms with Gasteiger partial charge in [0.2, 0.25) is 0 Å². The minimum atomic E-state index is -0.0735. The Morgan fingerprint density at radius 2 is 2.33 bits per heavy atom. The lowest BCUT2D eigenvalue weighted by Crippen LogP contribution is -2.19. The molecule has 0 spiro atoms. The average Bonchev–Trinajstić information content (AvgIpc) is 2.28. The highest BCUT2D eigenvalue weighted by atomic mass is 19.1. The molecule has 1 fully saturated rings. The van der Waals surface area contributed by atoms with Crippen LogP contribution in [0.15, 0.2) is 23.7 Å². The van der Waals surface area contributed by atoms with E-state index in [1.54, 1.807) is 12.2 Å². The van der Waals surface area contributed by atoms with Gasteiger partial charge in [0.1, 0.15) is 5.83 Å². The standard InChI is InChI=1S/C10H14FN/c11-9-5-4-8-3-1-2-6-12-10(8)7-9/h5,7-8,12H,1-4,6H2.